The highest BCUT2D eigenvalue weighted by molar-refractivity contribution is 5.94. The Morgan fingerprint density at radius 3 is 2.21 bits per heavy atom. The average Bonchev–Trinajstić information content (AvgIpc) is 3.38. The largest absolute Gasteiger partial charge is 0.488 e. The number of hydrogen-bond donors (Lipinski definition) is 1. The Balaban J connectivity index is 1.19. The van der Waals surface area contributed by atoms with Crippen molar-refractivity contribution in [2.45, 2.75) is 31.0 Å². The number of likely N-dealkylation sites (tertiary alicyclic amines) is 1. The highest BCUT2D eigenvalue weighted by Crippen LogP contribution is 2.34. The van der Waals surface area contributed by atoms with Gasteiger partial charge in [-0.2, -0.15) is 0 Å². The van der Waals surface area contributed by atoms with E-state index in [2.05, 4.69) is 24.3 Å². The fourth-order valence-corrected chi connectivity index (χ4v) is 4.63. The fourth-order valence-electron chi connectivity index (χ4n) is 4.63. The number of carbonyl (C=O) groups excluding carboxylic acids is 1. The maximum atomic E-state index is 13.0. The van der Waals surface area contributed by atoms with Gasteiger partial charge in [0.1, 0.15) is 11.9 Å². The Hall–Kier alpha value is -3.15. The minimum absolute atomic E-state index is 0.00720. The van der Waals surface area contributed by atoms with Gasteiger partial charge in [0.2, 0.25) is 0 Å². The molecule has 5 heteroatoms. The number of nitrogens with zero attached hydrogens (tertiary/aromatic N) is 1. The average molecular weight is 444 g/mol. The summed E-state index contributed by atoms with van der Waals surface area (Å²) in [6.45, 7) is 2.40. The molecule has 1 atom stereocenters. The molecule has 1 N–H and O–H groups in total. The van der Waals surface area contributed by atoms with Gasteiger partial charge in [-0.15, -0.1) is 0 Å². The van der Waals surface area contributed by atoms with Crippen molar-refractivity contribution in [3.63, 3.8) is 0 Å². The van der Waals surface area contributed by atoms with Crippen LogP contribution in [-0.4, -0.2) is 48.3 Å². The van der Waals surface area contributed by atoms with E-state index >= 15 is 0 Å². The van der Waals surface area contributed by atoms with Crippen LogP contribution < -0.4 is 4.74 Å². The predicted octanol–water partition coefficient (Wildman–Crippen LogP) is 4.65. The van der Waals surface area contributed by atoms with Crippen LogP contribution in [0, 0.1) is 0 Å². The molecule has 2 aliphatic rings. The number of ether oxygens (including phenoxy) is 2. The van der Waals surface area contributed by atoms with E-state index in [0.29, 0.717) is 38.1 Å². The van der Waals surface area contributed by atoms with Crippen molar-refractivity contribution < 1.29 is 19.4 Å². The summed E-state index contributed by atoms with van der Waals surface area (Å²) >= 11 is 0. The maximum absolute atomic E-state index is 13.0. The molecule has 2 heterocycles. The number of amides is 1. The van der Waals surface area contributed by atoms with Crippen molar-refractivity contribution in [3.8, 4) is 16.9 Å². The second-order valence-electron chi connectivity index (χ2n) is 8.89. The van der Waals surface area contributed by atoms with E-state index in [1.54, 1.807) is 0 Å². The lowest BCUT2D eigenvalue weighted by Gasteiger charge is -2.38. The molecule has 0 aromatic heterocycles. The second kappa shape index (κ2) is 9.38. The van der Waals surface area contributed by atoms with Gasteiger partial charge in [-0.25, -0.2) is 0 Å². The zero-order chi connectivity index (χ0) is 22.7. The number of piperidine rings is 1. The summed E-state index contributed by atoms with van der Waals surface area (Å²) in [7, 11) is 0. The molecule has 170 valence electrons. The van der Waals surface area contributed by atoms with Crippen molar-refractivity contribution in [2.75, 3.05) is 26.3 Å². The quantitative estimate of drug-likeness (QED) is 0.624. The molecule has 5 rings (SSSR count). The third-order valence-corrected chi connectivity index (χ3v) is 6.70. The van der Waals surface area contributed by atoms with Crippen molar-refractivity contribution in [3.05, 3.63) is 90.0 Å². The lowest BCUT2D eigenvalue weighted by molar-refractivity contribution is -0.0211. The summed E-state index contributed by atoms with van der Waals surface area (Å²) in [6, 6.07) is 25.7. The molecule has 0 radical (unpaired) electrons. The van der Waals surface area contributed by atoms with Gasteiger partial charge in [-0.3, -0.25) is 4.79 Å². The second-order valence-corrected chi connectivity index (χ2v) is 8.89. The van der Waals surface area contributed by atoms with E-state index in [1.165, 1.54) is 0 Å². The summed E-state index contributed by atoms with van der Waals surface area (Å²) in [4.78, 5) is 14.8. The van der Waals surface area contributed by atoms with Gasteiger partial charge in [0.25, 0.3) is 5.91 Å². The first-order valence-corrected chi connectivity index (χ1v) is 11.6. The van der Waals surface area contributed by atoms with Crippen LogP contribution in [0.2, 0.25) is 0 Å². The van der Waals surface area contributed by atoms with Crippen LogP contribution in [0.1, 0.15) is 35.2 Å². The Morgan fingerprint density at radius 2 is 1.58 bits per heavy atom. The summed E-state index contributed by atoms with van der Waals surface area (Å²) in [6.07, 6.45) is 2.03. The first-order valence-electron chi connectivity index (χ1n) is 11.6. The van der Waals surface area contributed by atoms with Gasteiger partial charge in [-0.1, -0.05) is 54.6 Å². The van der Waals surface area contributed by atoms with Crippen LogP contribution >= 0.6 is 0 Å². The maximum Gasteiger partial charge on any atom is 0.253 e. The topological polar surface area (TPSA) is 59.0 Å². The smallest absolute Gasteiger partial charge is 0.253 e. The Kier molecular flexibility index (Phi) is 6.16. The standard InChI is InChI=1S/C28H29NO4/c30-27(23-8-12-25(13-9-23)33-26-14-19-32-20-26)29-17-15-28(31,16-18-29)24-10-6-22(7-11-24)21-4-2-1-3-5-21/h1-13,26,31H,14-20H2. The van der Waals surface area contributed by atoms with Crippen LogP contribution in [0.3, 0.4) is 0 Å². The molecule has 5 nitrogen and oxygen atoms in total. The molecule has 3 aromatic carbocycles. The molecule has 1 amide bonds. The van der Waals surface area contributed by atoms with Crippen molar-refractivity contribution in [1.29, 1.82) is 0 Å². The SMILES string of the molecule is O=C(c1ccc(OC2CCOC2)cc1)N1CCC(O)(c2ccc(-c3ccccc3)cc2)CC1. The number of carbonyl (C=O) groups is 1. The van der Waals surface area contributed by atoms with E-state index in [4.69, 9.17) is 9.47 Å². The molecular formula is C28H29NO4. The fraction of sp³-hybridized carbons (Fsp3) is 0.321. The van der Waals surface area contributed by atoms with Crippen LogP contribution in [0.4, 0.5) is 0 Å². The van der Waals surface area contributed by atoms with Crippen LogP contribution in [0.5, 0.6) is 5.75 Å². The number of rotatable bonds is 5. The third kappa shape index (κ3) is 4.80. The van der Waals surface area contributed by atoms with Crippen molar-refractivity contribution in [2.24, 2.45) is 0 Å². The van der Waals surface area contributed by atoms with E-state index in [1.807, 2.05) is 59.5 Å². The lowest BCUT2D eigenvalue weighted by Crippen LogP contribution is -2.45. The van der Waals surface area contributed by atoms with Crippen LogP contribution in [-0.2, 0) is 10.3 Å². The number of aliphatic hydroxyl groups is 1. The molecule has 1 unspecified atom stereocenters. The predicted molar refractivity (Wildman–Crippen MR) is 127 cm³/mol. The molecule has 3 aromatic rings. The summed E-state index contributed by atoms with van der Waals surface area (Å²) in [5.41, 5.74) is 2.93. The first kappa shape index (κ1) is 21.7. The van der Waals surface area contributed by atoms with Crippen LogP contribution in [0.15, 0.2) is 78.9 Å². The monoisotopic (exact) mass is 443 g/mol. The molecule has 2 fully saturated rings. The van der Waals surface area contributed by atoms with Gasteiger partial charge >= 0.3 is 0 Å². The van der Waals surface area contributed by atoms with E-state index in [0.717, 1.165) is 35.5 Å². The third-order valence-electron chi connectivity index (χ3n) is 6.70. The van der Waals surface area contributed by atoms with Gasteiger partial charge in [0.05, 0.1) is 18.8 Å². The van der Waals surface area contributed by atoms with Crippen molar-refractivity contribution in [1.82, 2.24) is 4.90 Å². The van der Waals surface area contributed by atoms with Gasteiger partial charge in [0.15, 0.2) is 0 Å². The molecule has 2 saturated heterocycles. The summed E-state index contributed by atoms with van der Waals surface area (Å²) < 4.78 is 11.2. The summed E-state index contributed by atoms with van der Waals surface area (Å²) in [5.74, 6) is 0.751. The van der Waals surface area contributed by atoms with Crippen molar-refractivity contribution >= 4 is 5.91 Å². The minimum Gasteiger partial charge on any atom is -0.488 e. The Morgan fingerprint density at radius 1 is 0.909 bits per heavy atom. The minimum atomic E-state index is -0.910. The Labute approximate surface area is 194 Å². The highest BCUT2D eigenvalue weighted by atomic mass is 16.5. The van der Waals surface area contributed by atoms with E-state index < -0.39 is 5.60 Å². The van der Waals surface area contributed by atoms with E-state index in [-0.39, 0.29) is 12.0 Å². The van der Waals surface area contributed by atoms with Gasteiger partial charge in [-0.05, 0) is 53.8 Å². The highest BCUT2D eigenvalue weighted by Gasteiger charge is 2.35. The molecular weight excluding hydrogens is 414 g/mol. The molecule has 0 aliphatic carbocycles. The molecule has 2 aliphatic heterocycles. The summed E-state index contributed by atoms with van der Waals surface area (Å²) in [5, 5.41) is 11.3. The molecule has 0 spiro atoms. The first-order chi connectivity index (χ1) is 16.1. The lowest BCUT2D eigenvalue weighted by atomic mass is 9.83. The zero-order valence-electron chi connectivity index (χ0n) is 18.7. The Bertz CT molecular complexity index is 1070. The molecule has 0 bridgehead atoms. The van der Waals surface area contributed by atoms with Crippen LogP contribution in [0.25, 0.3) is 11.1 Å². The molecule has 0 saturated carbocycles. The number of hydrogen-bond acceptors (Lipinski definition) is 4. The zero-order valence-corrected chi connectivity index (χ0v) is 18.7. The van der Waals surface area contributed by atoms with E-state index in [9.17, 15) is 9.90 Å². The van der Waals surface area contributed by atoms with Gasteiger partial charge in [0, 0.05) is 25.1 Å². The number of benzene rings is 3. The van der Waals surface area contributed by atoms with Gasteiger partial charge < -0.3 is 19.5 Å². The molecule has 33 heavy (non-hydrogen) atoms. The normalized spacial score (nSPS) is 19.9.